The summed E-state index contributed by atoms with van der Waals surface area (Å²) in [6.07, 6.45) is 5.30. The Morgan fingerprint density at radius 3 is 2.80 bits per heavy atom. The maximum Gasteiger partial charge on any atom is 0.237 e. The van der Waals surface area contributed by atoms with E-state index in [0.29, 0.717) is 11.5 Å². The molecule has 0 aliphatic carbocycles. The largest absolute Gasteiger partial charge is 0.492 e. The number of rotatable bonds is 1. The maximum atomic E-state index is 9.96. The molecule has 2 aromatic rings. The molecule has 0 saturated heterocycles. The Morgan fingerprint density at radius 2 is 2.10 bits per heavy atom. The van der Waals surface area contributed by atoms with E-state index in [-0.39, 0.29) is 11.3 Å². The van der Waals surface area contributed by atoms with E-state index in [4.69, 9.17) is 0 Å². The molecule has 0 amide bonds. The number of imidazole rings is 1. The van der Waals surface area contributed by atoms with E-state index >= 15 is 0 Å². The molecule has 0 atom stereocenters. The summed E-state index contributed by atoms with van der Waals surface area (Å²) in [5.74, 6) is 1.46. The zero-order chi connectivity index (χ0) is 14.3. The molecular weight excluding hydrogens is 252 g/mol. The lowest BCUT2D eigenvalue weighted by molar-refractivity contribution is 0.449. The van der Waals surface area contributed by atoms with Gasteiger partial charge in [-0.05, 0) is 18.2 Å². The molecule has 0 aromatic carbocycles. The van der Waals surface area contributed by atoms with Crippen LogP contribution in [0.2, 0.25) is 0 Å². The number of nitrogens with zero attached hydrogens (tertiary/aromatic N) is 3. The van der Waals surface area contributed by atoms with Crippen molar-refractivity contribution in [2.45, 2.75) is 26.2 Å². The van der Waals surface area contributed by atoms with Crippen LogP contribution in [0, 0.1) is 0 Å². The molecule has 0 unspecified atom stereocenters. The van der Waals surface area contributed by atoms with Gasteiger partial charge in [0.25, 0.3) is 0 Å². The summed E-state index contributed by atoms with van der Waals surface area (Å²) < 4.78 is 0. The number of aromatic hydroxyl groups is 1. The quantitative estimate of drug-likeness (QED) is 0.834. The average molecular weight is 268 g/mol. The van der Waals surface area contributed by atoms with Gasteiger partial charge in [0.05, 0.1) is 0 Å². The summed E-state index contributed by atoms with van der Waals surface area (Å²) in [6, 6.07) is 3.83. The molecule has 0 bridgehead atoms. The van der Waals surface area contributed by atoms with Crippen LogP contribution >= 0.6 is 0 Å². The van der Waals surface area contributed by atoms with Gasteiger partial charge >= 0.3 is 0 Å². The predicted molar refractivity (Wildman–Crippen MR) is 79.2 cm³/mol. The summed E-state index contributed by atoms with van der Waals surface area (Å²) in [5, 5.41) is 9.96. The van der Waals surface area contributed by atoms with E-state index in [0.717, 1.165) is 17.0 Å². The second kappa shape index (κ2) is 4.30. The molecule has 1 aliphatic heterocycles. The summed E-state index contributed by atoms with van der Waals surface area (Å²) >= 11 is 0. The third-order valence-electron chi connectivity index (χ3n) is 3.15. The van der Waals surface area contributed by atoms with Crippen LogP contribution in [0.1, 0.15) is 37.9 Å². The molecule has 5 nitrogen and oxygen atoms in total. The molecule has 2 aromatic heterocycles. The van der Waals surface area contributed by atoms with Gasteiger partial charge in [-0.1, -0.05) is 20.8 Å². The molecule has 5 heteroatoms. The lowest BCUT2D eigenvalue weighted by Crippen LogP contribution is -2.13. The first-order valence-corrected chi connectivity index (χ1v) is 6.46. The number of H-pyrrole nitrogens is 1. The van der Waals surface area contributed by atoms with Crippen molar-refractivity contribution in [1.29, 1.82) is 0 Å². The Labute approximate surface area is 117 Å². The van der Waals surface area contributed by atoms with Crippen molar-refractivity contribution in [1.82, 2.24) is 15.0 Å². The normalized spacial score (nSPS) is 15.8. The first-order valence-electron chi connectivity index (χ1n) is 6.46. The van der Waals surface area contributed by atoms with Crippen molar-refractivity contribution in [3.05, 3.63) is 35.4 Å². The van der Waals surface area contributed by atoms with Crippen LogP contribution in [-0.4, -0.2) is 26.3 Å². The summed E-state index contributed by atoms with van der Waals surface area (Å²) in [6.45, 7) is 6.12. The zero-order valence-electron chi connectivity index (χ0n) is 11.7. The molecule has 0 saturated carbocycles. The SMILES string of the molecule is CC(C)(C)c1nc(O)c(/C=C2/C=Nc3ncccc32)[nH]1. The molecule has 1 aliphatic rings. The van der Waals surface area contributed by atoms with Gasteiger partial charge in [0.1, 0.15) is 11.5 Å². The lowest BCUT2D eigenvalue weighted by atomic mass is 9.96. The standard InChI is InChI=1S/C15H16N4O/c1-15(2,3)14-18-11(13(20)19-14)7-9-8-17-12-10(9)5-4-6-16-12/h4-8,20H,1-3H3,(H,18,19)/b9-7-. The fraction of sp³-hybridized carbons (Fsp3) is 0.267. The van der Waals surface area contributed by atoms with Crippen LogP contribution in [0.4, 0.5) is 5.82 Å². The van der Waals surface area contributed by atoms with Crippen molar-refractivity contribution in [3.8, 4) is 5.88 Å². The van der Waals surface area contributed by atoms with Crippen molar-refractivity contribution >= 4 is 23.7 Å². The number of fused-ring (bicyclic) bond motifs is 1. The first-order chi connectivity index (χ1) is 9.45. The molecule has 3 rings (SSSR count). The number of aromatic nitrogens is 3. The van der Waals surface area contributed by atoms with Crippen molar-refractivity contribution in [2.24, 2.45) is 4.99 Å². The van der Waals surface area contributed by atoms with Crippen LogP contribution < -0.4 is 0 Å². The number of hydrogen-bond acceptors (Lipinski definition) is 4. The highest BCUT2D eigenvalue weighted by molar-refractivity contribution is 6.20. The molecule has 3 heterocycles. The first kappa shape index (κ1) is 12.6. The molecule has 0 fully saturated rings. The maximum absolute atomic E-state index is 9.96. The number of pyridine rings is 1. The molecule has 102 valence electrons. The summed E-state index contributed by atoms with van der Waals surface area (Å²) in [4.78, 5) is 15.8. The number of nitrogens with one attached hydrogen (secondary N) is 1. The van der Waals surface area contributed by atoms with Gasteiger partial charge in [0.15, 0.2) is 5.82 Å². The number of hydrogen-bond donors (Lipinski definition) is 2. The van der Waals surface area contributed by atoms with E-state index in [2.05, 4.69) is 19.9 Å². The molecule has 0 radical (unpaired) electrons. The third kappa shape index (κ3) is 2.11. The Hall–Kier alpha value is -2.43. The van der Waals surface area contributed by atoms with Gasteiger partial charge in [0, 0.05) is 29.0 Å². The van der Waals surface area contributed by atoms with Crippen LogP contribution in [0.3, 0.4) is 0 Å². The second-order valence-electron chi connectivity index (χ2n) is 5.81. The van der Waals surface area contributed by atoms with E-state index in [1.54, 1.807) is 12.4 Å². The average Bonchev–Trinajstić information content (AvgIpc) is 2.95. The highest BCUT2D eigenvalue weighted by Crippen LogP contribution is 2.32. The van der Waals surface area contributed by atoms with Crippen molar-refractivity contribution in [2.75, 3.05) is 0 Å². The van der Waals surface area contributed by atoms with E-state index in [1.807, 2.05) is 39.0 Å². The number of aliphatic imine (C=N–C) groups is 1. The Kier molecular flexibility index (Phi) is 2.71. The predicted octanol–water partition coefficient (Wildman–Crippen LogP) is 3.06. The fourth-order valence-corrected chi connectivity index (χ4v) is 2.03. The summed E-state index contributed by atoms with van der Waals surface area (Å²) in [7, 11) is 0. The van der Waals surface area contributed by atoms with Gasteiger partial charge in [-0.2, -0.15) is 4.98 Å². The van der Waals surface area contributed by atoms with Crippen LogP contribution in [0.5, 0.6) is 5.88 Å². The number of aromatic amines is 1. The van der Waals surface area contributed by atoms with E-state index < -0.39 is 0 Å². The second-order valence-corrected chi connectivity index (χ2v) is 5.81. The lowest BCUT2D eigenvalue weighted by Gasteiger charge is -2.13. The molecular formula is C15H16N4O. The Morgan fingerprint density at radius 1 is 1.30 bits per heavy atom. The molecule has 0 spiro atoms. The zero-order valence-corrected chi connectivity index (χ0v) is 11.7. The van der Waals surface area contributed by atoms with Crippen molar-refractivity contribution in [3.63, 3.8) is 0 Å². The number of allylic oxidation sites excluding steroid dienone is 1. The van der Waals surface area contributed by atoms with Gasteiger partial charge in [-0.15, -0.1) is 0 Å². The van der Waals surface area contributed by atoms with E-state index in [9.17, 15) is 5.11 Å². The van der Waals surface area contributed by atoms with E-state index in [1.165, 1.54) is 0 Å². The highest BCUT2D eigenvalue weighted by Gasteiger charge is 2.21. The minimum Gasteiger partial charge on any atom is -0.492 e. The summed E-state index contributed by atoms with van der Waals surface area (Å²) in [5.41, 5.74) is 2.32. The van der Waals surface area contributed by atoms with Crippen LogP contribution in [0.25, 0.3) is 11.6 Å². The van der Waals surface area contributed by atoms with Crippen LogP contribution in [0.15, 0.2) is 23.3 Å². The Bertz CT molecular complexity index is 720. The Balaban J connectivity index is 2.03. The topological polar surface area (TPSA) is 74.2 Å². The highest BCUT2D eigenvalue weighted by atomic mass is 16.3. The van der Waals surface area contributed by atoms with Gasteiger partial charge in [-0.25, -0.2) is 9.98 Å². The monoisotopic (exact) mass is 268 g/mol. The minimum atomic E-state index is -0.141. The molecule has 2 N–H and O–H groups in total. The van der Waals surface area contributed by atoms with Crippen molar-refractivity contribution < 1.29 is 5.11 Å². The van der Waals surface area contributed by atoms with Gasteiger partial charge < -0.3 is 10.1 Å². The fourth-order valence-electron chi connectivity index (χ4n) is 2.03. The van der Waals surface area contributed by atoms with Gasteiger partial charge in [-0.3, -0.25) is 0 Å². The van der Waals surface area contributed by atoms with Crippen LogP contribution in [-0.2, 0) is 5.41 Å². The molecule has 20 heavy (non-hydrogen) atoms. The third-order valence-corrected chi connectivity index (χ3v) is 3.15. The van der Waals surface area contributed by atoms with Gasteiger partial charge in [0.2, 0.25) is 5.88 Å². The minimum absolute atomic E-state index is 0.00756. The smallest absolute Gasteiger partial charge is 0.237 e.